The van der Waals surface area contributed by atoms with Gasteiger partial charge in [-0.1, -0.05) is 15.9 Å². The number of nitriles is 1. The molecule has 0 radical (unpaired) electrons. The van der Waals surface area contributed by atoms with E-state index < -0.39 is 0 Å². The number of nitrogens with two attached hydrogens (primary N) is 1. The van der Waals surface area contributed by atoms with E-state index in [9.17, 15) is 4.79 Å². The highest BCUT2D eigenvalue weighted by atomic mass is 79.9. The number of hydrogen-bond acceptors (Lipinski definition) is 4. The number of nitrogens with zero attached hydrogens (tertiary/aromatic N) is 1. The van der Waals surface area contributed by atoms with Gasteiger partial charge >= 0.3 is 0 Å². The van der Waals surface area contributed by atoms with Gasteiger partial charge < -0.3 is 15.8 Å². The SMILES string of the molecule is N#CCCNC(=O)COc1ccc(Br)cc1N. The molecule has 1 aromatic carbocycles. The van der Waals surface area contributed by atoms with Crippen molar-refractivity contribution in [3.05, 3.63) is 22.7 Å². The Morgan fingerprint density at radius 2 is 2.35 bits per heavy atom. The van der Waals surface area contributed by atoms with E-state index in [0.717, 1.165) is 4.47 Å². The van der Waals surface area contributed by atoms with E-state index >= 15 is 0 Å². The van der Waals surface area contributed by atoms with Crippen molar-refractivity contribution in [1.29, 1.82) is 5.26 Å². The van der Waals surface area contributed by atoms with Crippen molar-refractivity contribution >= 4 is 27.5 Å². The highest BCUT2D eigenvalue weighted by Gasteiger charge is 2.04. The molecular formula is C11H12BrN3O2. The number of halogens is 1. The first kappa shape index (κ1) is 13.3. The Morgan fingerprint density at radius 3 is 3.00 bits per heavy atom. The third kappa shape index (κ3) is 4.74. The minimum atomic E-state index is -0.275. The monoisotopic (exact) mass is 297 g/mol. The second kappa shape index (κ2) is 6.76. The zero-order valence-corrected chi connectivity index (χ0v) is 10.7. The molecule has 17 heavy (non-hydrogen) atoms. The molecule has 5 nitrogen and oxygen atoms in total. The first-order valence-electron chi connectivity index (χ1n) is 4.95. The van der Waals surface area contributed by atoms with E-state index in [-0.39, 0.29) is 18.9 Å². The maximum atomic E-state index is 11.3. The topological polar surface area (TPSA) is 88.1 Å². The van der Waals surface area contributed by atoms with Crippen LogP contribution in [-0.2, 0) is 4.79 Å². The minimum absolute atomic E-state index is 0.114. The number of carbonyl (C=O) groups excluding carboxylic acids is 1. The predicted octanol–water partition coefficient (Wildman–Crippen LogP) is 1.44. The quantitative estimate of drug-likeness (QED) is 0.636. The molecule has 0 aliphatic carbocycles. The highest BCUT2D eigenvalue weighted by Crippen LogP contribution is 2.24. The fourth-order valence-electron chi connectivity index (χ4n) is 1.10. The van der Waals surface area contributed by atoms with Crippen molar-refractivity contribution in [3.8, 4) is 11.8 Å². The van der Waals surface area contributed by atoms with Crippen LogP contribution in [0.2, 0.25) is 0 Å². The summed E-state index contributed by atoms with van der Waals surface area (Å²) in [7, 11) is 0. The maximum Gasteiger partial charge on any atom is 0.257 e. The van der Waals surface area contributed by atoms with E-state index in [1.165, 1.54) is 0 Å². The smallest absolute Gasteiger partial charge is 0.257 e. The molecule has 0 spiro atoms. The number of benzene rings is 1. The molecule has 0 heterocycles. The Bertz CT molecular complexity index is 443. The molecule has 90 valence electrons. The fourth-order valence-corrected chi connectivity index (χ4v) is 1.48. The zero-order chi connectivity index (χ0) is 12.7. The Kier molecular flexibility index (Phi) is 5.30. The Balaban J connectivity index is 2.40. The van der Waals surface area contributed by atoms with Crippen LogP contribution in [0, 0.1) is 11.3 Å². The summed E-state index contributed by atoms with van der Waals surface area (Å²) < 4.78 is 6.09. The van der Waals surface area contributed by atoms with Gasteiger partial charge in [-0.3, -0.25) is 4.79 Å². The average molecular weight is 298 g/mol. The lowest BCUT2D eigenvalue weighted by Gasteiger charge is -2.08. The molecule has 0 unspecified atom stereocenters. The van der Waals surface area contributed by atoms with Crippen LogP contribution in [0.25, 0.3) is 0 Å². The standard InChI is InChI=1S/C11H12BrN3O2/c12-8-2-3-10(9(14)6-8)17-7-11(16)15-5-1-4-13/h2-3,6H,1,5,7,14H2,(H,15,16). The van der Waals surface area contributed by atoms with Gasteiger partial charge in [0.15, 0.2) is 6.61 Å². The van der Waals surface area contributed by atoms with E-state index in [2.05, 4.69) is 21.2 Å². The molecule has 0 bridgehead atoms. The van der Waals surface area contributed by atoms with Crippen LogP contribution < -0.4 is 15.8 Å². The highest BCUT2D eigenvalue weighted by molar-refractivity contribution is 9.10. The van der Waals surface area contributed by atoms with Crippen LogP contribution in [0.5, 0.6) is 5.75 Å². The predicted molar refractivity (Wildman–Crippen MR) is 67.3 cm³/mol. The van der Waals surface area contributed by atoms with Crippen molar-refractivity contribution in [3.63, 3.8) is 0 Å². The van der Waals surface area contributed by atoms with Crippen molar-refractivity contribution in [2.75, 3.05) is 18.9 Å². The van der Waals surface area contributed by atoms with Gasteiger partial charge in [0.2, 0.25) is 0 Å². The number of hydrogen-bond donors (Lipinski definition) is 2. The third-order valence-electron chi connectivity index (χ3n) is 1.89. The molecule has 3 N–H and O–H groups in total. The molecule has 0 fully saturated rings. The summed E-state index contributed by atoms with van der Waals surface area (Å²) in [5, 5.41) is 10.8. The lowest BCUT2D eigenvalue weighted by atomic mass is 10.3. The number of amides is 1. The van der Waals surface area contributed by atoms with Crippen LogP contribution in [-0.4, -0.2) is 19.1 Å². The van der Waals surface area contributed by atoms with Crippen LogP contribution in [0.3, 0.4) is 0 Å². The van der Waals surface area contributed by atoms with Gasteiger partial charge in [-0.2, -0.15) is 5.26 Å². The van der Waals surface area contributed by atoms with Gasteiger partial charge in [0, 0.05) is 11.0 Å². The lowest BCUT2D eigenvalue weighted by molar-refractivity contribution is -0.123. The number of nitrogen functional groups attached to an aromatic ring is 1. The van der Waals surface area contributed by atoms with E-state index in [0.29, 0.717) is 18.0 Å². The second-order valence-electron chi connectivity index (χ2n) is 3.23. The fraction of sp³-hybridized carbons (Fsp3) is 0.273. The molecular weight excluding hydrogens is 286 g/mol. The second-order valence-corrected chi connectivity index (χ2v) is 4.14. The van der Waals surface area contributed by atoms with Gasteiger partial charge in [0.25, 0.3) is 5.91 Å². The molecule has 0 aromatic heterocycles. The number of anilines is 1. The molecule has 0 aliphatic rings. The average Bonchev–Trinajstić information content (AvgIpc) is 2.28. The van der Waals surface area contributed by atoms with E-state index in [4.69, 9.17) is 15.7 Å². The summed E-state index contributed by atoms with van der Waals surface area (Å²) in [5.74, 6) is 0.186. The van der Waals surface area contributed by atoms with Gasteiger partial charge in [0.1, 0.15) is 5.75 Å². The van der Waals surface area contributed by atoms with Gasteiger partial charge in [0.05, 0.1) is 18.2 Å². The Hall–Kier alpha value is -1.74. The zero-order valence-electron chi connectivity index (χ0n) is 9.07. The summed E-state index contributed by atoms with van der Waals surface area (Å²) in [4.78, 5) is 11.3. The van der Waals surface area contributed by atoms with E-state index in [1.54, 1.807) is 18.2 Å². The molecule has 0 saturated carbocycles. The Morgan fingerprint density at radius 1 is 1.59 bits per heavy atom. The summed E-state index contributed by atoms with van der Waals surface area (Å²) in [6, 6.07) is 7.09. The van der Waals surface area contributed by atoms with Crippen molar-refractivity contribution in [2.45, 2.75) is 6.42 Å². The molecule has 0 saturated heterocycles. The number of rotatable bonds is 5. The summed E-state index contributed by atoms with van der Waals surface area (Å²) >= 11 is 3.27. The summed E-state index contributed by atoms with van der Waals surface area (Å²) in [6.07, 6.45) is 0.284. The minimum Gasteiger partial charge on any atom is -0.482 e. The molecule has 0 atom stereocenters. The summed E-state index contributed by atoms with van der Waals surface area (Å²) in [6.45, 7) is 0.214. The Labute approximate surface area is 108 Å². The largest absolute Gasteiger partial charge is 0.482 e. The molecule has 1 amide bonds. The van der Waals surface area contributed by atoms with Gasteiger partial charge in [-0.15, -0.1) is 0 Å². The number of carbonyl (C=O) groups is 1. The summed E-state index contributed by atoms with van der Waals surface area (Å²) in [5.41, 5.74) is 6.16. The van der Waals surface area contributed by atoms with Crippen LogP contribution in [0.1, 0.15) is 6.42 Å². The lowest BCUT2D eigenvalue weighted by Crippen LogP contribution is -2.29. The first-order chi connectivity index (χ1) is 8.13. The molecule has 1 aromatic rings. The van der Waals surface area contributed by atoms with E-state index in [1.807, 2.05) is 6.07 Å². The van der Waals surface area contributed by atoms with Crippen molar-refractivity contribution < 1.29 is 9.53 Å². The van der Waals surface area contributed by atoms with Crippen LogP contribution in [0.15, 0.2) is 22.7 Å². The third-order valence-corrected chi connectivity index (χ3v) is 2.38. The van der Waals surface area contributed by atoms with Crippen LogP contribution >= 0.6 is 15.9 Å². The number of ether oxygens (including phenoxy) is 1. The van der Waals surface area contributed by atoms with Gasteiger partial charge in [-0.25, -0.2) is 0 Å². The van der Waals surface area contributed by atoms with Crippen molar-refractivity contribution in [2.24, 2.45) is 0 Å². The molecule has 0 aliphatic heterocycles. The maximum absolute atomic E-state index is 11.3. The van der Waals surface area contributed by atoms with Gasteiger partial charge in [-0.05, 0) is 18.2 Å². The normalized spacial score (nSPS) is 9.41. The number of nitrogens with one attached hydrogen (secondary N) is 1. The molecule has 6 heteroatoms. The van der Waals surface area contributed by atoms with Crippen LogP contribution in [0.4, 0.5) is 5.69 Å². The first-order valence-corrected chi connectivity index (χ1v) is 5.74. The van der Waals surface area contributed by atoms with Crippen molar-refractivity contribution in [1.82, 2.24) is 5.32 Å². The molecule has 1 rings (SSSR count).